The first-order valence-corrected chi connectivity index (χ1v) is 4.46. The number of nitrogens with zero attached hydrogens (tertiary/aromatic N) is 3. The molecule has 2 N–H and O–H groups in total. The quantitative estimate of drug-likeness (QED) is 0.665. The number of nitrogens with two attached hydrogens (primary N) is 1. The molecule has 0 aromatic carbocycles. The summed E-state index contributed by atoms with van der Waals surface area (Å²) >= 11 is 0. The lowest BCUT2D eigenvalue weighted by Gasteiger charge is -1.96. The Labute approximate surface area is 72.8 Å². The number of hydrogen-bond donors (Lipinski definition) is 1. The molecule has 1 rings (SSSR count). The molecule has 1 aromatic heterocycles. The van der Waals surface area contributed by atoms with Gasteiger partial charge in [0.25, 0.3) is 0 Å². The van der Waals surface area contributed by atoms with Crippen LogP contribution in [0.1, 0.15) is 31.9 Å². The van der Waals surface area contributed by atoms with Crippen molar-refractivity contribution in [2.75, 3.05) is 0 Å². The van der Waals surface area contributed by atoms with Crippen LogP contribution in [0.4, 0.5) is 0 Å². The minimum atomic E-state index is 0.480. The maximum absolute atomic E-state index is 5.40. The molecular weight excluding hydrogens is 152 g/mol. The fourth-order valence-electron chi connectivity index (χ4n) is 1.07. The summed E-state index contributed by atoms with van der Waals surface area (Å²) in [5.74, 6) is 0. The fraction of sp³-hybridized carbons (Fsp3) is 0.750. The van der Waals surface area contributed by atoms with E-state index in [2.05, 4.69) is 17.2 Å². The standard InChI is InChI=1S/C8H16N4/c1-2-3-4-5-12-7-8(6-9)10-11-12/h7H,2-6,9H2,1H3. The highest BCUT2D eigenvalue weighted by molar-refractivity contribution is 4.90. The third-order valence-electron chi connectivity index (χ3n) is 1.79. The molecule has 0 spiro atoms. The van der Waals surface area contributed by atoms with Crippen molar-refractivity contribution < 1.29 is 0 Å². The van der Waals surface area contributed by atoms with Crippen LogP contribution in [0, 0.1) is 0 Å². The average molecular weight is 168 g/mol. The summed E-state index contributed by atoms with van der Waals surface area (Å²) in [5.41, 5.74) is 6.27. The molecule has 12 heavy (non-hydrogen) atoms. The number of aromatic nitrogens is 3. The van der Waals surface area contributed by atoms with Gasteiger partial charge in [0.15, 0.2) is 0 Å². The molecular formula is C8H16N4. The van der Waals surface area contributed by atoms with Crippen LogP contribution in [0.5, 0.6) is 0 Å². The van der Waals surface area contributed by atoms with Gasteiger partial charge in [-0.05, 0) is 6.42 Å². The van der Waals surface area contributed by atoms with E-state index in [1.54, 1.807) is 0 Å². The largest absolute Gasteiger partial charge is 0.325 e. The SMILES string of the molecule is CCCCCn1cc(CN)nn1. The Bertz CT molecular complexity index is 219. The van der Waals surface area contributed by atoms with Crippen molar-refractivity contribution >= 4 is 0 Å². The Morgan fingerprint density at radius 1 is 1.50 bits per heavy atom. The zero-order valence-corrected chi connectivity index (χ0v) is 7.53. The Kier molecular flexibility index (Phi) is 3.73. The molecule has 4 nitrogen and oxygen atoms in total. The number of hydrogen-bond acceptors (Lipinski definition) is 3. The summed E-state index contributed by atoms with van der Waals surface area (Å²) in [4.78, 5) is 0. The molecule has 0 aliphatic heterocycles. The first-order valence-electron chi connectivity index (χ1n) is 4.46. The van der Waals surface area contributed by atoms with E-state index in [-0.39, 0.29) is 0 Å². The van der Waals surface area contributed by atoms with Crippen LogP contribution in [0.15, 0.2) is 6.20 Å². The maximum atomic E-state index is 5.40. The van der Waals surface area contributed by atoms with Crippen molar-refractivity contribution in [3.63, 3.8) is 0 Å². The van der Waals surface area contributed by atoms with Gasteiger partial charge in [-0.1, -0.05) is 25.0 Å². The van der Waals surface area contributed by atoms with Crippen molar-refractivity contribution in [3.05, 3.63) is 11.9 Å². The van der Waals surface area contributed by atoms with Gasteiger partial charge in [-0.3, -0.25) is 4.68 Å². The van der Waals surface area contributed by atoms with Crippen molar-refractivity contribution in [2.24, 2.45) is 5.73 Å². The second kappa shape index (κ2) is 4.87. The molecule has 0 amide bonds. The van der Waals surface area contributed by atoms with Crippen LogP contribution < -0.4 is 5.73 Å². The molecule has 1 aromatic rings. The van der Waals surface area contributed by atoms with E-state index in [1.165, 1.54) is 19.3 Å². The molecule has 4 heteroatoms. The summed E-state index contributed by atoms with van der Waals surface area (Å²) in [6.07, 6.45) is 5.57. The Balaban J connectivity index is 2.31. The highest BCUT2D eigenvalue weighted by Crippen LogP contribution is 1.98. The van der Waals surface area contributed by atoms with E-state index in [1.807, 2.05) is 10.9 Å². The molecule has 0 bridgehead atoms. The summed E-state index contributed by atoms with van der Waals surface area (Å²) < 4.78 is 1.86. The highest BCUT2D eigenvalue weighted by atomic mass is 15.4. The van der Waals surface area contributed by atoms with E-state index >= 15 is 0 Å². The van der Waals surface area contributed by atoms with Crippen molar-refractivity contribution in [3.8, 4) is 0 Å². The molecule has 0 saturated carbocycles. The van der Waals surface area contributed by atoms with Crippen molar-refractivity contribution in [1.29, 1.82) is 0 Å². The van der Waals surface area contributed by atoms with Gasteiger partial charge in [-0.2, -0.15) is 0 Å². The van der Waals surface area contributed by atoms with Gasteiger partial charge in [-0.15, -0.1) is 5.10 Å². The Hall–Kier alpha value is -0.900. The normalized spacial score (nSPS) is 10.5. The Morgan fingerprint density at radius 2 is 2.33 bits per heavy atom. The average Bonchev–Trinajstić information content (AvgIpc) is 2.53. The van der Waals surface area contributed by atoms with Crippen molar-refractivity contribution in [2.45, 2.75) is 39.3 Å². The van der Waals surface area contributed by atoms with Gasteiger partial charge in [0.1, 0.15) is 0 Å². The number of aryl methyl sites for hydroxylation is 1. The summed E-state index contributed by atoms with van der Waals surface area (Å²) in [7, 11) is 0. The summed E-state index contributed by atoms with van der Waals surface area (Å²) in [6.45, 7) is 3.63. The lowest BCUT2D eigenvalue weighted by molar-refractivity contribution is 0.537. The lowest BCUT2D eigenvalue weighted by atomic mass is 10.2. The summed E-state index contributed by atoms with van der Waals surface area (Å²) in [5, 5.41) is 7.85. The lowest BCUT2D eigenvalue weighted by Crippen LogP contribution is -1.98. The number of rotatable bonds is 5. The molecule has 0 unspecified atom stereocenters. The fourth-order valence-corrected chi connectivity index (χ4v) is 1.07. The zero-order chi connectivity index (χ0) is 8.81. The third kappa shape index (κ3) is 2.62. The minimum absolute atomic E-state index is 0.480. The van der Waals surface area contributed by atoms with E-state index in [9.17, 15) is 0 Å². The molecule has 0 fully saturated rings. The smallest absolute Gasteiger partial charge is 0.0962 e. The molecule has 1 heterocycles. The van der Waals surface area contributed by atoms with Crippen LogP contribution >= 0.6 is 0 Å². The topological polar surface area (TPSA) is 56.7 Å². The second-order valence-corrected chi connectivity index (χ2v) is 2.88. The van der Waals surface area contributed by atoms with Gasteiger partial charge in [0.05, 0.1) is 5.69 Å². The van der Waals surface area contributed by atoms with Crippen LogP contribution in [-0.2, 0) is 13.1 Å². The predicted molar refractivity (Wildman–Crippen MR) is 47.4 cm³/mol. The molecule has 0 atom stereocenters. The predicted octanol–water partition coefficient (Wildman–Crippen LogP) is 0.927. The third-order valence-corrected chi connectivity index (χ3v) is 1.79. The molecule has 68 valence electrons. The van der Waals surface area contributed by atoms with Crippen LogP contribution in [0.2, 0.25) is 0 Å². The molecule has 0 saturated heterocycles. The van der Waals surface area contributed by atoms with Gasteiger partial charge in [0, 0.05) is 19.3 Å². The molecule has 0 aliphatic rings. The summed E-state index contributed by atoms with van der Waals surface area (Å²) in [6, 6.07) is 0. The first kappa shape index (κ1) is 9.19. The van der Waals surface area contributed by atoms with E-state index in [0.29, 0.717) is 6.54 Å². The Morgan fingerprint density at radius 3 is 2.92 bits per heavy atom. The number of unbranched alkanes of at least 4 members (excludes halogenated alkanes) is 2. The van der Waals surface area contributed by atoms with Crippen LogP contribution in [-0.4, -0.2) is 15.0 Å². The molecule has 0 aliphatic carbocycles. The first-order chi connectivity index (χ1) is 5.86. The molecule has 0 radical (unpaired) electrons. The van der Waals surface area contributed by atoms with E-state index < -0.39 is 0 Å². The van der Waals surface area contributed by atoms with Crippen LogP contribution in [0.3, 0.4) is 0 Å². The van der Waals surface area contributed by atoms with Gasteiger partial charge in [0.2, 0.25) is 0 Å². The highest BCUT2D eigenvalue weighted by Gasteiger charge is 1.96. The van der Waals surface area contributed by atoms with Crippen LogP contribution in [0.25, 0.3) is 0 Å². The monoisotopic (exact) mass is 168 g/mol. The minimum Gasteiger partial charge on any atom is -0.325 e. The van der Waals surface area contributed by atoms with Gasteiger partial charge < -0.3 is 5.73 Å². The van der Waals surface area contributed by atoms with Crippen molar-refractivity contribution in [1.82, 2.24) is 15.0 Å². The van der Waals surface area contributed by atoms with Gasteiger partial charge in [-0.25, -0.2) is 0 Å². The maximum Gasteiger partial charge on any atom is 0.0962 e. The van der Waals surface area contributed by atoms with E-state index in [4.69, 9.17) is 5.73 Å². The van der Waals surface area contributed by atoms with Gasteiger partial charge >= 0.3 is 0 Å². The zero-order valence-electron chi connectivity index (χ0n) is 7.53. The van der Waals surface area contributed by atoms with E-state index in [0.717, 1.165) is 12.2 Å². The second-order valence-electron chi connectivity index (χ2n) is 2.88.